The summed E-state index contributed by atoms with van der Waals surface area (Å²) in [4.78, 5) is 8.97. The van der Waals surface area contributed by atoms with E-state index in [0.29, 0.717) is 22.5 Å². The first-order valence-electron chi connectivity index (χ1n) is 20.5. The molecule has 0 saturated heterocycles. The maximum absolute atomic E-state index is 13.9. The molecule has 2 nitrogen and oxygen atoms in total. The Kier molecular flexibility index (Phi) is 8.92. The molecule has 1 aliphatic carbocycles. The summed E-state index contributed by atoms with van der Waals surface area (Å²) in [5.41, 5.74) is 5.15. The van der Waals surface area contributed by atoms with Gasteiger partial charge in [-0.25, -0.2) is 4.39 Å². The molecule has 7 aromatic rings. The number of nitrogens with zero attached hydrogens (tertiary/aromatic N) is 2. The molecule has 261 valence electrons. The average molecular weight is 890 g/mol. The van der Waals surface area contributed by atoms with E-state index in [2.05, 4.69) is 78.1 Å². The van der Waals surface area contributed by atoms with Crippen LogP contribution in [0, 0.1) is 30.7 Å². The van der Waals surface area contributed by atoms with Gasteiger partial charge in [0.05, 0.1) is 8.07 Å². The fraction of sp³-hybridized carbons (Fsp3) is 0.244. The number of aromatic nitrogens is 2. The Labute approximate surface area is 330 Å². The summed E-state index contributed by atoms with van der Waals surface area (Å²) in [5, 5.41) is 3.54. The average Bonchev–Trinajstić information content (AvgIpc) is 3.86. The summed E-state index contributed by atoms with van der Waals surface area (Å²) in [7, 11) is -1.42. The van der Waals surface area contributed by atoms with E-state index in [1.165, 1.54) is 38.5 Å². The molecular formula is C45H43FIrN2SSi-2. The van der Waals surface area contributed by atoms with Gasteiger partial charge < -0.3 is 9.97 Å². The second-order valence-corrected chi connectivity index (χ2v) is 20.0. The van der Waals surface area contributed by atoms with E-state index in [-0.39, 0.29) is 31.6 Å². The van der Waals surface area contributed by atoms with Gasteiger partial charge in [-0.3, -0.25) is 0 Å². The first-order chi connectivity index (χ1) is 26.9. The van der Waals surface area contributed by atoms with Gasteiger partial charge in [-0.05, 0) is 74.6 Å². The van der Waals surface area contributed by atoms with Crippen molar-refractivity contribution in [2.75, 3.05) is 0 Å². The molecule has 1 fully saturated rings. The van der Waals surface area contributed by atoms with E-state index in [1.807, 2.05) is 48.7 Å². The van der Waals surface area contributed by atoms with E-state index >= 15 is 0 Å². The van der Waals surface area contributed by atoms with Crippen LogP contribution in [0.1, 0.15) is 59.2 Å². The summed E-state index contributed by atoms with van der Waals surface area (Å²) < 4.78 is 72.0. The molecule has 1 unspecified atom stereocenters. The minimum atomic E-state index is -2.46. The largest absolute Gasteiger partial charge is 0.305 e. The normalized spacial score (nSPS) is 17.0. The molecule has 1 radical (unpaired) electrons. The fourth-order valence-electron chi connectivity index (χ4n) is 6.54. The first-order valence-corrected chi connectivity index (χ1v) is 21.3. The summed E-state index contributed by atoms with van der Waals surface area (Å²) in [5.74, 6) is -2.57. The predicted molar refractivity (Wildman–Crippen MR) is 213 cm³/mol. The van der Waals surface area contributed by atoms with Crippen molar-refractivity contribution in [3.63, 3.8) is 0 Å². The number of thiophene rings is 1. The molecule has 0 spiro atoms. The van der Waals surface area contributed by atoms with Gasteiger partial charge in [0.15, 0.2) is 0 Å². The third kappa shape index (κ3) is 8.15. The molecule has 8 rings (SSSR count). The number of hydrogen-bond acceptors (Lipinski definition) is 3. The van der Waals surface area contributed by atoms with Crippen molar-refractivity contribution < 1.29 is 34.1 Å². The van der Waals surface area contributed by atoms with Crippen molar-refractivity contribution in [1.82, 2.24) is 9.97 Å². The van der Waals surface area contributed by atoms with Crippen LogP contribution in [-0.2, 0) is 20.1 Å². The number of fused-ring (bicyclic) bond motifs is 3. The summed E-state index contributed by atoms with van der Waals surface area (Å²) in [6.07, 6.45) is 6.99. The Morgan fingerprint density at radius 2 is 1.71 bits per heavy atom. The van der Waals surface area contributed by atoms with Crippen molar-refractivity contribution in [1.29, 1.82) is 0 Å². The van der Waals surface area contributed by atoms with Crippen LogP contribution in [0.5, 0.6) is 0 Å². The Bertz CT molecular complexity index is 2530. The van der Waals surface area contributed by atoms with E-state index in [4.69, 9.17) is 8.22 Å². The molecule has 1 saturated carbocycles. The van der Waals surface area contributed by atoms with Crippen LogP contribution in [0.4, 0.5) is 4.39 Å². The molecule has 1 aliphatic rings. The predicted octanol–water partition coefficient (Wildman–Crippen LogP) is 12.4. The molecule has 51 heavy (non-hydrogen) atoms. The Morgan fingerprint density at radius 1 is 0.882 bits per heavy atom. The van der Waals surface area contributed by atoms with Gasteiger partial charge in [-0.2, -0.15) is 11.3 Å². The minimum Gasteiger partial charge on any atom is -0.305 e. The van der Waals surface area contributed by atoms with Crippen LogP contribution < -0.4 is 5.19 Å². The number of aryl methyl sites for hydroxylation is 1. The fourth-order valence-corrected chi connectivity index (χ4v) is 8.82. The van der Waals surface area contributed by atoms with Crippen molar-refractivity contribution >= 4 is 44.8 Å². The van der Waals surface area contributed by atoms with Crippen molar-refractivity contribution in [3.05, 3.63) is 139 Å². The van der Waals surface area contributed by atoms with Gasteiger partial charge in [0, 0.05) is 52.6 Å². The van der Waals surface area contributed by atoms with Gasteiger partial charge >= 0.3 is 0 Å². The Balaban J connectivity index is 0.000000221. The van der Waals surface area contributed by atoms with Gasteiger partial charge in [0.2, 0.25) is 0 Å². The molecule has 3 aromatic heterocycles. The maximum atomic E-state index is 13.9. The van der Waals surface area contributed by atoms with E-state index < -0.39 is 33.5 Å². The third-order valence-electron chi connectivity index (χ3n) is 9.44. The van der Waals surface area contributed by atoms with Crippen molar-refractivity contribution in [2.45, 2.75) is 64.9 Å². The number of hydrogen-bond donors (Lipinski definition) is 0. The van der Waals surface area contributed by atoms with Gasteiger partial charge in [0.1, 0.15) is 0 Å². The van der Waals surface area contributed by atoms with Crippen molar-refractivity contribution in [2.24, 2.45) is 5.92 Å². The topological polar surface area (TPSA) is 25.8 Å². The Hall–Kier alpha value is -3.80. The van der Waals surface area contributed by atoms with Gasteiger partial charge in [0.25, 0.3) is 0 Å². The van der Waals surface area contributed by atoms with E-state index in [0.717, 1.165) is 41.3 Å². The van der Waals surface area contributed by atoms with Gasteiger partial charge in [-0.1, -0.05) is 123 Å². The molecule has 1 atom stereocenters. The number of benzene rings is 4. The second kappa shape index (κ2) is 15.8. The van der Waals surface area contributed by atoms with E-state index in [1.54, 1.807) is 23.6 Å². The van der Waals surface area contributed by atoms with Crippen LogP contribution >= 0.6 is 11.3 Å². The quantitative estimate of drug-likeness (QED) is 0.123. The van der Waals surface area contributed by atoms with Crippen LogP contribution in [0.15, 0.2) is 109 Å². The zero-order valence-corrected chi connectivity index (χ0v) is 33.0. The van der Waals surface area contributed by atoms with Crippen molar-refractivity contribution in [3.8, 4) is 33.6 Å². The van der Waals surface area contributed by atoms with Crippen LogP contribution in [-0.4, -0.2) is 18.0 Å². The minimum absolute atomic E-state index is 0. The second-order valence-electron chi connectivity index (χ2n) is 13.9. The number of halogens is 1. The molecule has 0 bridgehead atoms. The standard InChI is InChI=1S/C30H26NS.C15H17FNSi.Ir/c1-20(21-8-5-6-9-21)23-16-17-31-28(18-23)27-13-7-12-26-25-15-14-24(19-29(25)32-30(26)27)22-10-3-2-4-11-22;1-11-5-6-12(9-14(11)16)15-8-7-13(10-17-15)18(2,3)4;/h2-4,7,10-12,14-21H,5-6,8-9H2,1H3;5,7-10H,1-4H3;/q2*-1;/i1D3,20D;1D3;. The molecular weight excluding hydrogens is 840 g/mol. The Morgan fingerprint density at radius 3 is 2.41 bits per heavy atom. The molecule has 6 heteroatoms. The van der Waals surface area contributed by atoms with Gasteiger partial charge in [-0.15, -0.1) is 47.5 Å². The molecule has 0 N–H and O–H groups in total. The summed E-state index contributed by atoms with van der Waals surface area (Å²) >= 11 is 1.71. The number of pyridine rings is 2. The zero-order chi connectivity index (χ0) is 40.8. The van der Waals surface area contributed by atoms with Crippen LogP contribution in [0.2, 0.25) is 19.6 Å². The summed E-state index contributed by atoms with van der Waals surface area (Å²) in [6.45, 7) is 1.79. The van der Waals surface area contributed by atoms with Crippen LogP contribution in [0.3, 0.4) is 0 Å². The molecule has 3 heterocycles. The SMILES string of the molecule is [2H]C([2H])([2H])C([2H])(c1ccnc(-c2[c-]ccc3c2sc2cc(-c4ccccc4)ccc23)c1)C1CCCC1.[2H]C([2H])([2H])c1c[c-]c(-c2ccc([Si](C)(C)C)cn2)cc1F.[Ir]. The third-order valence-corrected chi connectivity index (χ3v) is 12.7. The molecule has 0 aliphatic heterocycles. The number of rotatable bonds is 6. The molecule has 4 aromatic carbocycles. The van der Waals surface area contributed by atoms with Crippen LogP contribution in [0.25, 0.3) is 53.8 Å². The summed E-state index contributed by atoms with van der Waals surface area (Å²) in [6, 6.07) is 36.8. The maximum Gasteiger partial charge on any atom is 0.0795 e. The van der Waals surface area contributed by atoms with E-state index in [9.17, 15) is 5.76 Å². The first kappa shape index (κ1) is 28.7. The smallest absolute Gasteiger partial charge is 0.0795 e. The molecule has 0 amide bonds. The zero-order valence-electron chi connectivity index (χ0n) is 35.8. The monoisotopic (exact) mass is 890 g/mol.